The normalized spacial score (nSPS) is 9.67. The molecule has 0 aliphatic heterocycles. The first kappa shape index (κ1) is 13.6. The van der Waals surface area contributed by atoms with Crippen molar-refractivity contribution in [2.24, 2.45) is 5.10 Å². The van der Waals surface area contributed by atoms with Crippen molar-refractivity contribution in [1.29, 1.82) is 0 Å². The van der Waals surface area contributed by atoms with Crippen molar-refractivity contribution in [3.05, 3.63) is 0 Å². The molecule has 0 rings (SSSR count). The third-order valence-corrected chi connectivity index (χ3v) is 1.76. The lowest BCUT2D eigenvalue weighted by molar-refractivity contribution is -0.139. The van der Waals surface area contributed by atoms with Gasteiger partial charge in [-0.1, -0.05) is 13.8 Å². The molecule has 0 aromatic carbocycles. The lowest BCUT2D eigenvalue weighted by Gasteiger charge is -2.06. The van der Waals surface area contributed by atoms with Crippen LogP contribution in [0.3, 0.4) is 0 Å². The maximum absolute atomic E-state index is 11.2. The summed E-state index contributed by atoms with van der Waals surface area (Å²) in [6.07, 6.45) is 1.53. The molecule has 0 fully saturated rings. The van der Waals surface area contributed by atoms with E-state index in [9.17, 15) is 9.59 Å². The number of nitrogens with one attached hydrogen (secondary N) is 2. The zero-order chi connectivity index (χ0) is 11.8. The molecule has 0 heterocycles. The predicted molar refractivity (Wildman–Crippen MR) is 59.4 cm³/mol. The van der Waals surface area contributed by atoms with E-state index in [2.05, 4.69) is 15.8 Å². The van der Waals surface area contributed by atoms with E-state index in [1.165, 1.54) is 0 Å². The van der Waals surface area contributed by atoms with Crippen LogP contribution in [0, 0.1) is 0 Å². The number of hydrogen-bond donors (Lipinski definition) is 2. The summed E-state index contributed by atoms with van der Waals surface area (Å²) in [7, 11) is 0. The molecular weight excluding hydrogens is 194 g/mol. The number of carbonyl (C=O) groups excluding carboxylic acids is 2. The third-order valence-electron chi connectivity index (χ3n) is 1.76. The van der Waals surface area contributed by atoms with E-state index in [1.54, 1.807) is 13.8 Å². The van der Waals surface area contributed by atoms with Gasteiger partial charge in [0.2, 0.25) is 0 Å². The zero-order valence-electron chi connectivity index (χ0n) is 9.76. The van der Waals surface area contributed by atoms with E-state index in [4.69, 9.17) is 0 Å². The van der Waals surface area contributed by atoms with Crippen molar-refractivity contribution in [1.82, 2.24) is 10.7 Å². The Bertz CT molecular complexity index is 253. The summed E-state index contributed by atoms with van der Waals surface area (Å²) in [6.45, 7) is 7.47. The first-order valence-corrected chi connectivity index (χ1v) is 5.17. The Morgan fingerprint density at radius 3 is 2.07 bits per heavy atom. The second-order valence-electron chi connectivity index (χ2n) is 3.45. The lowest BCUT2D eigenvalue weighted by Crippen LogP contribution is -2.41. The molecule has 2 N–H and O–H groups in total. The summed E-state index contributed by atoms with van der Waals surface area (Å²) in [4.78, 5) is 22.3. The van der Waals surface area contributed by atoms with Gasteiger partial charge in [-0.25, -0.2) is 5.43 Å². The fraction of sp³-hybridized carbons (Fsp3) is 0.700. The number of hydrazone groups is 1. The Morgan fingerprint density at radius 1 is 1.13 bits per heavy atom. The van der Waals surface area contributed by atoms with E-state index in [0.717, 1.165) is 18.6 Å². The molecule has 0 unspecified atom stereocenters. The van der Waals surface area contributed by atoms with Crippen LogP contribution < -0.4 is 10.7 Å². The van der Waals surface area contributed by atoms with E-state index in [1.807, 2.05) is 13.8 Å². The van der Waals surface area contributed by atoms with Crippen molar-refractivity contribution in [3.8, 4) is 0 Å². The molecule has 0 aliphatic carbocycles. The molecule has 0 atom stereocenters. The first-order chi connectivity index (χ1) is 7.01. The van der Waals surface area contributed by atoms with Gasteiger partial charge >= 0.3 is 11.8 Å². The fourth-order valence-electron chi connectivity index (χ4n) is 0.916. The van der Waals surface area contributed by atoms with E-state index in [-0.39, 0.29) is 6.04 Å². The minimum Gasteiger partial charge on any atom is -0.346 e. The average Bonchev–Trinajstić information content (AvgIpc) is 2.18. The smallest absolute Gasteiger partial charge is 0.329 e. The Kier molecular flexibility index (Phi) is 6.33. The van der Waals surface area contributed by atoms with Gasteiger partial charge in [-0.2, -0.15) is 5.10 Å². The summed E-state index contributed by atoms with van der Waals surface area (Å²) >= 11 is 0. The van der Waals surface area contributed by atoms with Crippen LogP contribution in [0.25, 0.3) is 0 Å². The van der Waals surface area contributed by atoms with Crippen LogP contribution in [0.2, 0.25) is 0 Å². The molecule has 5 nitrogen and oxygen atoms in total. The van der Waals surface area contributed by atoms with Gasteiger partial charge in [-0.15, -0.1) is 0 Å². The van der Waals surface area contributed by atoms with Crippen LogP contribution in [-0.2, 0) is 9.59 Å². The van der Waals surface area contributed by atoms with Crippen LogP contribution >= 0.6 is 0 Å². The van der Waals surface area contributed by atoms with Crippen LogP contribution in [0.5, 0.6) is 0 Å². The quantitative estimate of drug-likeness (QED) is 0.412. The first-order valence-electron chi connectivity index (χ1n) is 5.17. The van der Waals surface area contributed by atoms with Gasteiger partial charge in [0.25, 0.3) is 0 Å². The highest BCUT2D eigenvalue weighted by atomic mass is 16.2. The van der Waals surface area contributed by atoms with Crippen LogP contribution in [0.4, 0.5) is 0 Å². The molecule has 0 saturated carbocycles. The van der Waals surface area contributed by atoms with Crippen LogP contribution in [0.15, 0.2) is 5.10 Å². The SMILES string of the molecule is CCC(CC)=NNC(=O)C(=O)NC(C)C. The summed E-state index contributed by atoms with van der Waals surface area (Å²) in [6, 6.07) is -0.0518. The van der Waals surface area contributed by atoms with Gasteiger partial charge in [0, 0.05) is 11.8 Å². The van der Waals surface area contributed by atoms with Crippen molar-refractivity contribution in [2.45, 2.75) is 46.6 Å². The molecule has 15 heavy (non-hydrogen) atoms. The molecule has 0 radical (unpaired) electrons. The van der Waals surface area contributed by atoms with E-state index < -0.39 is 11.8 Å². The topological polar surface area (TPSA) is 70.6 Å². The maximum atomic E-state index is 11.2. The van der Waals surface area contributed by atoms with Gasteiger partial charge in [0.05, 0.1) is 0 Å². The molecule has 0 aliphatic rings. The van der Waals surface area contributed by atoms with Crippen molar-refractivity contribution in [2.75, 3.05) is 0 Å². The molecule has 0 aromatic rings. The van der Waals surface area contributed by atoms with E-state index in [0.29, 0.717) is 0 Å². The molecule has 5 heteroatoms. The van der Waals surface area contributed by atoms with Gasteiger partial charge < -0.3 is 5.32 Å². The summed E-state index contributed by atoms with van der Waals surface area (Å²) in [5, 5.41) is 6.33. The highest BCUT2D eigenvalue weighted by molar-refractivity contribution is 6.35. The number of nitrogens with zero attached hydrogens (tertiary/aromatic N) is 1. The Balaban J connectivity index is 4.13. The third kappa shape index (κ3) is 5.83. The largest absolute Gasteiger partial charge is 0.346 e. The molecule has 2 amide bonds. The minimum atomic E-state index is -0.719. The monoisotopic (exact) mass is 213 g/mol. The standard InChI is InChI=1S/C10H19N3O2/c1-5-8(6-2)12-13-10(15)9(14)11-7(3)4/h7H,5-6H2,1-4H3,(H,11,14)(H,13,15). The zero-order valence-corrected chi connectivity index (χ0v) is 9.76. The van der Waals surface area contributed by atoms with Crippen molar-refractivity contribution in [3.63, 3.8) is 0 Å². The summed E-state index contributed by atoms with van der Waals surface area (Å²) in [5.74, 6) is -1.37. The Morgan fingerprint density at radius 2 is 1.67 bits per heavy atom. The summed E-state index contributed by atoms with van der Waals surface area (Å²) < 4.78 is 0. The highest BCUT2D eigenvalue weighted by Crippen LogP contribution is 1.89. The predicted octanol–water partition coefficient (Wildman–Crippen LogP) is 0.803. The molecule has 0 spiro atoms. The Hall–Kier alpha value is -1.39. The molecule has 0 aromatic heterocycles. The van der Waals surface area contributed by atoms with Gasteiger partial charge in [0.1, 0.15) is 0 Å². The number of hydrogen-bond acceptors (Lipinski definition) is 3. The molecule has 86 valence electrons. The van der Waals surface area contributed by atoms with Gasteiger partial charge in [-0.05, 0) is 26.7 Å². The highest BCUT2D eigenvalue weighted by Gasteiger charge is 2.13. The van der Waals surface area contributed by atoms with Gasteiger partial charge in [0.15, 0.2) is 0 Å². The number of amides is 2. The average molecular weight is 213 g/mol. The fourth-order valence-corrected chi connectivity index (χ4v) is 0.916. The van der Waals surface area contributed by atoms with Crippen LogP contribution in [0.1, 0.15) is 40.5 Å². The van der Waals surface area contributed by atoms with E-state index >= 15 is 0 Å². The number of rotatable bonds is 4. The Labute approximate surface area is 90.3 Å². The molecule has 0 saturated heterocycles. The lowest BCUT2D eigenvalue weighted by atomic mass is 10.2. The number of carbonyl (C=O) groups is 2. The molecular formula is C10H19N3O2. The summed E-state index contributed by atoms with van der Waals surface area (Å²) in [5.41, 5.74) is 3.09. The van der Waals surface area contributed by atoms with Crippen LogP contribution in [-0.4, -0.2) is 23.6 Å². The maximum Gasteiger partial charge on any atom is 0.329 e. The molecule has 0 bridgehead atoms. The van der Waals surface area contributed by atoms with Crippen molar-refractivity contribution >= 4 is 17.5 Å². The second-order valence-corrected chi connectivity index (χ2v) is 3.45. The van der Waals surface area contributed by atoms with Gasteiger partial charge in [-0.3, -0.25) is 9.59 Å². The minimum absolute atomic E-state index is 0.0518. The van der Waals surface area contributed by atoms with Crippen molar-refractivity contribution < 1.29 is 9.59 Å². The second kappa shape index (κ2) is 6.98.